The highest BCUT2D eigenvalue weighted by molar-refractivity contribution is 5.32. The van der Waals surface area contributed by atoms with Gasteiger partial charge in [-0.25, -0.2) is 14.6 Å². The molecule has 1 aromatic carbocycles. The summed E-state index contributed by atoms with van der Waals surface area (Å²) in [6, 6.07) is 14.9. The average Bonchev–Trinajstić information content (AvgIpc) is 2.85. The molecule has 0 saturated heterocycles. The lowest BCUT2D eigenvalue weighted by Crippen LogP contribution is -2.08. The first-order valence-corrected chi connectivity index (χ1v) is 7.03. The zero-order valence-electron chi connectivity index (χ0n) is 13.3. The molecule has 0 saturated carbocycles. The second-order valence-electron chi connectivity index (χ2n) is 4.98. The van der Waals surface area contributed by atoms with Crippen molar-refractivity contribution in [1.29, 1.82) is 5.41 Å². The first-order valence-electron chi connectivity index (χ1n) is 7.03. The molecule has 0 atom stereocenters. The van der Waals surface area contributed by atoms with Crippen LogP contribution in [0.3, 0.4) is 0 Å². The van der Waals surface area contributed by atoms with Gasteiger partial charge in [0.1, 0.15) is 11.3 Å². The van der Waals surface area contributed by atoms with Gasteiger partial charge in [-0.1, -0.05) is 30.3 Å². The van der Waals surface area contributed by atoms with Crippen LogP contribution in [0.15, 0.2) is 54.6 Å². The molecule has 0 amide bonds. The van der Waals surface area contributed by atoms with E-state index >= 15 is 0 Å². The Morgan fingerprint density at radius 3 is 2.33 bits per heavy atom. The molecule has 0 aliphatic rings. The van der Waals surface area contributed by atoms with Gasteiger partial charge in [-0.15, -0.1) is 5.10 Å². The summed E-state index contributed by atoms with van der Waals surface area (Å²) in [5.41, 5.74) is 0.932. The Balaban J connectivity index is 0.00000225. The Hall–Kier alpha value is -3.03. The van der Waals surface area contributed by atoms with E-state index in [1.165, 1.54) is 6.07 Å². The van der Waals surface area contributed by atoms with Gasteiger partial charge in [-0.05, 0) is 24.3 Å². The van der Waals surface area contributed by atoms with Gasteiger partial charge < -0.3 is 0 Å². The zero-order valence-corrected chi connectivity index (χ0v) is 12.3. The van der Waals surface area contributed by atoms with Gasteiger partial charge in [0, 0.05) is 0 Å². The predicted octanol–water partition coefficient (Wildman–Crippen LogP) is 2.86. The lowest BCUT2D eigenvalue weighted by atomic mass is 10.2. The van der Waals surface area contributed by atoms with Gasteiger partial charge in [0.2, 0.25) is 0 Å². The maximum atomic E-state index is 13.0. The molecule has 2 heterocycles. The van der Waals surface area contributed by atoms with Crippen LogP contribution in [0.2, 0.25) is 0 Å². The number of hydrogen-bond donors (Lipinski definition) is 1. The van der Waals surface area contributed by atoms with Crippen molar-refractivity contribution in [2.45, 2.75) is 12.6 Å². The van der Waals surface area contributed by atoms with Crippen molar-refractivity contribution >= 4 is 0 Å². The van der Waals surface area contributed by atoms with Crippen LogP contribution in [-0.2, 0) is 12.6 Å². The Labute approximate surface area is 136 Å². The van der Waals surface area contributed by atoms with E-state index in [1.54, 1.807) is 48.5 Å². The number of para-hydroxylation sites is 1. The zero-order chi connectivity index (χ0) is 17.2. The summed E-state index contributed by atoms with van der Waals surface area (Å²) >= 11 is 0. The molecule has 0 spiro atoms. The monoisotopic (exact) mass is 332 g/mol. The number of aromatic nitrogens is 4. The van der Waals surface area contributed by atoms with E-state index in [1.807, 2.05) is 0 Å². The maximum absolute atomic E-state index is 13.0. The summed E-state index contributed by atoms with van der Waals surface area (Å²) < 4.78 is 40.1. The van der Waals surface area contributed by atoms with Gasteiger partial charge in [0.05, 0.1) is 17.8 Å². The number of hydrogen-bond acceptors (Lipinski definition) is 4. The van der Waals surface area contributed by atoms with Crippen LogP contribution in [0.4, 0.5) is 13.2 Å². The lowest BCUT2D eigenvalue weighted by molar-refractivity contribution is -0.144. The van der Waals surface area contributed by atoms with Gasteiger partial charge in [-0.3, -0.25) is 5.41 Å². The van der Waals surface area contributed by atoms with E-state index in [9.17, 15) is 13.2 Å². The Morgan fingerprint density at radius 1 is 0.958 bits per heavy atom. The predicted molar refractivity (Wildman–Crippen MR) is 80.4 cm³/mol. The Kier molecular flexibility index (Phi) is 4.11. The van der Waals surface area contributed by atoms with Crippen molar-refractivity contribution in [1.82, 2.24) is 19.7 Å². The van der Waals surface area contributed by atoms with Crippen LogP contribution in [0.1, 0.15) is 18.8 Å². The molecule has 0 bridgehead atoms. The van der Waals surface area contributed by atoms with Crippen molar-refractivity contribution in [3.63, 3.8) is 0 Å². The standard InChI is InChI=1S/C16H12F3N5/c17-16(18,19)15-22-14(10-11-6-4-5-9-13(20)21-11)24(23-15)12-7-2-1-3-8-12/h1-9,20H,10H2/p+1. The number of halogens is 3. The number of nitrogens with one attached hydrogen (secondary N) is 1. The number of alkyl halides is 3. The molecule has 24 heavy (non-hydrogen) atoms. The molecular weight excluding hydrogens is 319 g/mol. The van der Waals surface area contributed by atoms with Crippen molar-refractivity contribution in [2.24, 2.45) is 0 Å². The molecule has 0 radical (unpaired) electrons. The second-order valence-corrected chi connectivity index (χ2v) is 4.98. The minimum atomic E-state index is -4.63. The molecule has 0 aliphatic carbocycles. The fourth-order valence-corrected chi connectivity index (χ4v) is 2.16. The summed E-state index contributed by atoms with van der Waals surface area (Å²) in [5, 5.41) is 11.2. The van der Waals surface area contributed by atoms with Crippen LogP contribution in [0.5, 0.6) is 0 Å². The molecule has 5 nitrogen and oxygen atoms in total. The quantitative estimate of drug-likeness (QED) is 0.802. The van der Waals surface area contributed by atoms with Crippen LogP contribution in [0.25, 0.3) is 5.69 Å². The normalized spacial score (nSPS) is 11.5. The minimum absolute atomic E-state index is 0. The Morgan fingerprint density at radius 2 is 1.62 bits per heavy atom. The molecule has 0 unspecified atom stereocenters. The topological polar surface area (TPSA) is 67.5 Å². The third-order valence-electron chi connectivity index (χ3n) is 3.19. The molecule has 8 heteroatoms. The third kappa shape index (κ3) is 3.48. The third-order valence-corrected chi connectivity index (χ3v) is 3.19. The number of nitrogens with zero attached hydrogens (tertiary/aromatic N) is 4. The van der Waals surface area contributed by atoms with E-state index in [4.69, 9.17) is 5.41 Å². The van der Waals surface area contributed by atoms with Gasteiger partial charge >= 0.3 is 7.60 Å². The largest absolute Gasteiger partial charge is 1.00 e. The summed E-state index contributed by atoms with van der Waals surface area (Å²) in [5.74, 6) is -1.10. The molecule has 2 aromatic heterocycles. The fourth-order valence-electron chi connectivity index (χ4n) is 2.16. The van der Waals surface area contributed by atoms with Crippen molar-refractivity contribution in [2.75, 3.05) is 0 Å². The lowest BCUT2D eigenvalue weighted by Gasteiger charge is -2.04. The van der Waals surface area contributed by atoms with E-state index in [0.717, 1.165) is 4.68 Å². The first-order chi connectivity index (χ1) is 11.4. The number of benzene rings is 1. The summed E-state index contributed by atoms with van der Waals surface area (Å²) in [6.45, 7) is 0. The fraction of sp³-hybridized carbons (Fsp3) is 0.125. The van der Waals surface area contributed by atoms with Gasteiger partial charge in [0.15, 0.2) is 0 Å². The van der Waals surface area contributed by atoms with Gasteiger partial charge in [0.25, 0.3) is 5.82 Å². The van der Waals surface area contributed by atoms with E-state index in [2.05, 4.69) is 15.1 Å². The molecular formula is C16H13F3N5+. The second kappa shape index (κ2) is 6.23. The van der Waals surface area contributed by atoms with Gasteiger partial charge in [-0.2, -0.15) is 13.2 Å². The number of rotatable bonds is 3. The summed E-state index contributed by atoms with van der Waals surface area (Å²) in [7, 11) is 0. The van der Waals surface area contributed by atoms with Crippen molar-refractivity contribution in [3.05, 3.63) is 77.4 Å². The summed E-state index contributed by atoms with van der Waals surface area (Å²) in [6.07, 6.45) is -4.61. The highest BCUT2D eigenvalue weighted by Crippen LogP contribution is 2.27. The molecule has 3 rings (SSSR count). The molecule has 0 fully saturated rings. The highest BCUT2D eigenvalue weighted by atomic mass is 19.4. The van der Waals surface area contributed by atoms with E-state index in [0.29, 0.717) is 11.4 Å². The Bertz CT molecular complexity index is 909. The van der Waals surface area contributed by atoms with Crippen molar-refractivity contribution in [3.8, 4) is 5.69 Å². The van der Waals surface area contributed by atoms with Crippen LogP contribution < -0.4 is 5.49 Å². The molecule has 1 N–H and O–H groups in total. The first kappa shape index (κ1) is 15.9. The highest BCUT2D eigenvalue weighted by Gasteiger charge is 2.37. The minimum Gasteiger partial charge on any atom is -0.283 e. The van der Waals surface area contributed by atoms with Crippen LogP contribution in [0, 0.1) is 5.41 Å². The SMILES string of the molecule is N=c1ccccc(Cc2nc(C(F)(F)F)nn2-c2ccccc2)n1.[H+]. The molecule has 3 aromatic rings. The van der Waals surface area contributed by atoms with Crippen LogP contribution >= 0.6 is 0 Å². The molecule has 0 aliphatic heterocycles. The van der Waals surface area contributed by atoms with E-state index in [-0.39, 0.29) is 19.2 Å². The van der Waals surface area contributed by atoms with Crippen molar-refractivity contribution < 1.29 is 14.6 Å². The average molecular weight is 332 g/mol. The van der Waals surface area contributed by atoms with E-state index < -0.39 is 12.0 Å². The smallest absolute Gasteiger partial charge is 0.283 e. The summed E-state index contributed by atoms with van der Waals surface area (Å²) in [4.78, 5) is 7.67. The maximum Gasteiger partial charge on any atom is 1.00 e. The molecule has 122 valence electrons. The van der Waals surface area contributed by atoms with Crippen LogP contribution in [-0.4, -0.2) is 19.7 Å².